The number of oxazole rings is 1. The molecule has 1 aromatic heterocycles. The summed E-state index contributed by atoms with van der Waals surface area (Å²) < 4.78 is 5.16. The Morgan fingerprint density at radius 3 is 2.38 bits per heavy atom. The van der Waals surface area contributed by atoms with E-state index >= 15 is 0 Å². The van der Waals surface area contributed by atoms with Gasteiger partial charge in [0.1, 0.15) is 6.04 Å². The largest absolute Gasteiger partial charge is 0.480 e. The van der Waals surface area contributed by atoms with Crippen LogP contribution in [0.3, 0.4) is 0 Å². The minimum atomic E-state index is -1.04. The normalized spacial score (nSPS) is 12.1. The minimum absolute atomic E-state index is 0.195. The first-order valence-corrected chi connectivity index (χ1v) is 6.51. The lowest BCUT2D eigenvalue weighted by Crippen LogP contribution is -2.44. The topological polar surface area (TPSA) is 92.4 Å². The molecule has 0 aliphatic carbocycles. The summed E-state index contributed by atoms with van der Waals surface area (Å²) in [5.74, 6) is -1.05. The van der Waals surface area contributed by atoms with E-state index in [-0.39, 0.29) is 5.92 Å². The molecule has 0 unspecified atom stereocenters. The number of aliphatic carboxylic acids is 1. The van der Waals surface area contributed by atoms with E-state index in [1.807, 2.05) is 0 Å². The van der Waals surface area contributed by atoms with Crippen molar-refractivity contribution in [2.24, 2.45) is 5.92 Å². The molecule has 2 rings (SSSR count). The Hall–Kier alpha value is -2.63. The summed E-state index contributed by atoms with van der Waals surface area (Å²) in [7, 11) is 0. The first-order chi connectivity index (χ1) is 9.99. The number of hydrogen-bond acceptors (Lipinski definition) is 4. The summed E-state index contributed by atoms with van der Waals surface area (Å²) in [4.78, 5) is 27.0. The number of carboxylic acid groups (broad SMARTS) is 1. The molecular formula is C15H16N2O4. The Morgan fingerprint density at radius 2 is 1.90 bits per heavy atom. The summed E-state index contributed by atoms with van der Waals surface area (Å²) in [6.07, 6.45) is 2.91. The van der Waals surface area contributed by atoms with Gasteiger partial charge in [-0.15, -0.1) is 0 Å². The van der Waals surface area contributed by atoms with Gasteiger partial charge in [0.2, 0.25) is 0 Å². The van der Waals surface area contributed by atoms with Gasteiger partial charge in [-0.1, -0.05) is 26.0 Å². The van der Waals surface area contributed by atoms with Gasteiger partial charge in [-0.2, -0.15) is 0 Å². The number of amides is 1. The zero-order valence-electron chi connectivity index (χ0n) is 11.7. The Bertz CT molecular complexity index is 618. The summed E-state index contributed by atoms with van der Waals surface area (Å²) >= 11 is 0. The lowest BCUT2D eigenvalue weighted by Gasteiger charge is -2.17. The zero-order chi connectivity index (χ0) is 15.4. The second-order valence-electron chi connectivity index (χ2n) is 4.98. The minimum Gasteiger partial charge on any atom is -0.480 e. The Balaban J connectivity index is 2.11. The third-order valence-corrected chi connectivity index (χ3v) is 3.08. The van der Waals surface area contributed by atoms with Crippen molar-refractivity contribution in [3.8, 4) is 11.3 Å². The van der Waals surface area contributed by atoms with E-state index in [0.717, 1.165) is 5.56 Å². The van der Waals surface area contributed by atoms with Crippen LogP contribution >= 0.6 is 0 Å². The SMILES string of the molecule is CC(C)[C@H](NC(=O)c1ccc(-c2cnco2)cc1)C(=O)O. The number of hydrogen-bond donors (Lipinski definition) is 2. The molecule has 2 N–H and O–H groups in total. The standard InChI is InChI=1S/C15H16N2O4/c1-9(2)13(15(19)20)17-14(18)11-5-3-10(4-6-11)12-7-16-8-21-12/h3-9,13H,1-2H3,(H,17,18)(H,19,20)/t13-/m0/s1. The van der Waals surface area contributed by atoms with Gasteiger partial charge >= 0.3 is 5.97 Å². The Morgan fingerprint density at radius 1 is 1.24 bits per heavy atom. The predicted molar refractivity (Wildman–Crippen MR) is 75.7 cm³/mol. The van der Waals surface area contributed by atoms with Crippen LogP contribution in [0.15, 0.2) is 41.3 Å². The van der Waals surface area contributed by atoms with Crippen molar-refractivity contribution in [3.05, 3.63) is 42.4 Å². The number of carbonyl (C=O) groups is 2. The third-order valence-electron chi connectivity index (χ3n) is 3.08. The molecule has 0 aliphatic rings. The molecule has 6 heteroatoms. The van der Waals surface area contributed by atoms with Crippen molar-refractivity contribution in [1.29, 1.82) is 0 Å². The highest BCUT2D eigenvalue weighted by atomic mass is 16.4. The molecule has 110 valence electrons. The summed E-state index contributed by atoms with van der Waals surface area (Å²) in [6.45, 7) is 3.48. The van der Waals surface area contributed by atoms with Crippen LogP contribution in [0.5, 0.6) is 0 Å². The average molecular weight is 288 g/mol. The maximum absolute atomic E-state index is 12.1. The monoisotopic (exact) mass is 288 g/mol. The van der Waals surface area contributed by atoms with Crippen LogP contribution in [0.4, 0.5) is 0 Å². The number of nitrogens with one attached hydrogen (secondary N) is 1. The maximum atomic E-state index is 12.1. The van der Waals surface area contributed by atoms with E-state index in [9.17, 15) is 9.59 Å². The molecule has 0 fully saturated rings. The van der Waals surface area contributed by atoms with Crippen LogP contribution in [-0.2, 0) is 4.79 Å². The second-order valence-corrected chi connectivity index (χ2v) is 4.98. The van der Waals surface area contributed by atoms with Gasteiger partial charge in [-0.25, -0.2) is 9.78 Å². The molecule has 0 aliphatic heterocycles. The molecule has 2 aromatic rings. The van der Waals surface area contributed by atoms with E-state index < -0.39 is 17.9 Å². The van der Waals surface area contributed by atoms with Crippen LogP contribution in [-0.4, -0.2) is 28.0 Å². The van der Waals surface area contributed by atoms with E-state index in [2.05, 4.69) is 10.3 Å². The average Bonchev–Trinajstić information content (AvgIpc) is 2.98. The molecule has 0 spiro atoms. The van der Waals surface area contributed by atoms with Gasteiger partial charge < -0.3 is 14.8 Å². The number of carboxylic acids is 1. The van der Waals surface area contributed by atoms with Gasteiger partial charge in [-0.05, 0) is 18.1 Å². The lowest BCUT2D eigenvalue weighted by atomic mass is 10.0. The Labute approximate surface area is 121 Å². The maximum Gasteiger partial charge on any atom is 0.326 e. The van der Waals surface area contributed by atoms with Crippen LogP contribution < -0.4 is 5.32 Å². The van der Waals surface area contributed by atoms with Crippen LogP contribution in [0.2, 0.25) is 0 Å². The first kappa shape index (κ1) is 14.8. The molecule has 6 nitrogen and oxygen atoms in total. The molecule has 0 saturated carbocycles. The van der Waals surface area contributed by atoms with Crippen LogP contribution in [0, 0.1) is 5.92 Å². The van der Waals surface area contributed by atoms with E-state index in [1.165, 1.54) is 6.39 Å². The van der Waals surface area contributed by atoms with Crippen molar-refractivity contribution in [2.75, 3.05) is 0 Å². The molecule has 0 bridgehead atoms. The van der Waals surface area contributed by atoms with Gasteiger partial charge in [-0.3, -0.25) is 4.79 Å². The number of rotatable bonds is 5. The van der Waals surface area contributed by atoms with Crippen molar-refractivity contribution in [3.63, 3.8) is 0 Å². The van der Waals surface area contributed by atoms with Crippen molar-refractivity contribution in [2.45, 2.75) is 19.9 Å². The molecule has 0 radical (unpaired) electrons. The fourth-order valence-corrected chi connectivity index (χ4v) is 1.88. The first-order valence-electron chi connectivity index (χ1n) is 6.51. The summed E-state index contributed by atoms with van der Waals surface area (Å²) in [5.41, 5.74) is 1.19. The molecule has 0 saturated heterocycles. The van der Waals surface area contributed by atoms with Gasteiger partial charge in [0.05, 0.1) is 6.20 Å². The van der Waals surface area contributed by atoms with Gasteiger partial charge in [0, 0.05) is 11.1 Å². The lowest BCUT2D eigenvalue weighted by molar-refractivity contribution is -0.140. The van der Waals surface area contributed by atoms with Gasteiger partial charge in [0.25, 0.3) is 5.91 Å². The van der Waals surface area contributed by atoms with Crippen molar-refractivity contribution in [1.82, 2.24) is 10.3 Å². The highest BCUT2D eigenvalue weighted by Gasteiger charge is 2.23. The fourth-order valence-electron chi connectivity index (χ4n) is 1.88. The molecule has 21 heavy (non-hydrogen) atoms. The van der Waals surface area contributed by atoms with E-state index in [0.29, 0.717) is 11.3 Å². The van der Waals surface area contributed by atoms with E-state index in [4.69, 9.17) is 9.52 Å². The quantitative estimate of drug-likeness (QED) is 0.879. The molecular weight excluding hydrogens is 272 g/mol. The number of nitrogens with zero attached hydrogens (tertiary/aromatic N) is 1. The summed E-state index contributed by atoms with van der Waals surface area (Å²) in [6, 6.07) is 5.77. The van der Waals surface area contributed by atoms with Crippen LogP contribution in [0.25, 0.3) is 11.3 Å². The fraction of sp³-hybridized carbons (Fsp3) is 0.267. The predicted octanol–water partition coefficient (Wildman–Crippen LogP) is 2.18. The molecule has 1 heterocycles. The molecule has 1 aromatic carbocycles. The smallest absolute Gasteiger partial charge is 0.326 e. The number of benzene rings is 1. The molecule has 1 amide bonds. The molecule has 1 atom stereocenters. The Kier molecular flexibility index (Phi) is 4.37. The second kappa shape index (κ2) is 6.21. The van der Waals surface area contributed by atoms with E-state index in [1.54, 1.807) is 44.3 Å². The van der Waals surface area contributed by atoms with Crippen molar-refractivity contribution >= 4 is 11.9 Å². The number of aromatic nitrogens is 1. The third kappa shape index (κ3) is 3.47. The van der Waals surface area contributed by atoms with Gasteiger partial charge in [0.15, 0.2) is 12.2 Å². The van der Waals surface area contributed by atoms with Crippen LogP contribution in [0.1, 0.15) is 24.2 Å². The van der Waals surface area contributed by atoms with Crippen molar-refractivity contribution < 1.29 is 19.1 Å². The summed E-state index contributed by atoms with van der Waals surface area (Å²) in [5, 5.41) is 11.6. The zero-order valence-corrected chi connectivity index (χ0v) is 11.7. The highest BCUT2D eigenvalue weighted by molar-refractivity contribution is 5.97. The highest BCUT2D eigenvalue weighted by Crippen LogP contribution is 2.19. The number of carbonyl (C=O) groups excluding carboxylic acids is 1.